The lowest BCUT2D eigenvalue weighted by molar-refractivity contribution is -0.168. The molecule has 2 aromatic rings. The van der Waals surface area contributed by atoms with E-state index in [0.29, 0.717) is 29.6 Å². The van der Waals surface area contributed by atoms with Crippen molar-refractivity contribution in [3.8, 4) is 0 Å². The SMILES string of the molecule is CCC(CC(=O)OCOC(=O)C(N)C(C)C)c1ccc(N(CC(C)C)CC(C)C)c(NC(=O)Nc2ccc(C)cc2)c1. The minimum Gasteiger partial charge on any atom is -0.428 e. The lowest BCUT2D eigenvalue weighted by Gasteiger charge is -2.31. The largest absolute Gasteiger partial charge is 0.428 e. The molecule has 0 heterocycles. The molecule has 42 heavy (non-hydrogen) atoms. The van der Waals surface area contributed by atoms with Crippen LogP contribution in [0.15, 0.2) is 42.5 Å². The van der Waals surface area contributed by atoms with E-state index in [1.54, 1.807) is 0 Å². The molecular weight excluding hydrogens is 532 g/mol. The molecule has 0 saturated heterocycles. The zero-order chi connectivity index (χ0) is 31.4. The molecule has 0 aliphatic rings. The molecule has 2 atom stereocenters. The first-order chi connectivity index (χ1) is 19.8. The fraction of sp³-hybridized carbons (Fsp3) is 0.545. The molecule has 0 aliphatic heterocycles. The summed E-state index contributed by atoms with van der Waals surface area (Å²) >= 11 is 0. The van der Waals surface area contributed by atoms with Crippen LogP contribution in [0, 0.1) is 24.7 Å². The Morgan fingerprint density at radius 2 is 1.50 bits per heavy atom. The van der Waals surface area contributed by atoms with Crippen LogP contribution >= 0.6 is 0 Å². The second-order valence-electron chi connectivity index (χ2n) is 12.1. The van der Waals surface area contributed by atoms with Crippen LogP contribution in [-0.2, 0) is 19.1 Å². The highest BCUT2D eigenvalue weighted by atomic mass is 16.7. The van der Waals surface area contributed by atoms with Crippen LogP contribution < -0.4 is 21.3 Å². The van der Waals surface area contributed by atoms with Crippen molar-refractivity contribution in [3.63, 3.8) is 0 Å². The average Bonchev–Trinajstić information content (AvgIpc) is 2.91. The van der Waals surface area contributed by atoms with Gasteiger partial charge in [0, 0.05) is 18.8 Å². The normalized spacial score (nSPS) is 12.7. The molecule has 2 rings (SSSR count). The van der Waals surface area contributed by atoms with E-state index in [2.05, 4.69) is 43.2 Å². The Morgan fingerprint density at radius 3 is 2.05 bits per heavy atom. The summed E-state index contributed by atoms with van der Waals surface area (Å²) in [5, 5.41) is 5.98. The molecule has 0 aromatic heterocycles. The number of aryl methyl sites for hydroxylation is 1. The molecule has 2 unspecified atom stereocenters. The third-order valence-corrected chi connectivity index (χ3v) is 6.88. The minimum absolute atomic E-state index is 0.0839. The lowest BCUT2D eigenvalue weighted by Crippen LogP contribution is -2.37. The molecule has 4 N–H and O–H groups in total. The van der Waals surface area contributed by atoms with Crippen molar-refractivity contribution in [1.82, 2.24) is 0 Å². The number of rotatable bonds is 15. The van der Waals surface area contributed by atoms with Gasteiger partial charge in [-0.1, -0.05) is 72.2 Å². The Labute approximate surface area is 251 Å². The number of esters is 2. The van der Waals surface area contributed by atoms with E-state index in [1.165, 1.54) is 0 Å². The van der Waals surface area contributed by atoms with Gasteiger partial charge in [-0.05, 0) is 66.8 Å². The van der Waals surface area contributed by atoms with Crippen molar-refractivity contribution in [3.05, 3.63) is 53.6 Å². The van der Waals surface area contributed by atoms with Gasteiger partial charge in [0.05, 0.1) is 17.8 Å². The topological polar surface area (TPSA) is 123 Å². The molecule has 2 amide bonds. The smallest absolute Gasteiger partial charge is 0.326 e. The van der Waals surface area contributed by atoms with Crippen LogP contribution in [0.1, 0.15) is 78.4 Å². The van der Waals surface area contributed by atoms with E-state index in [1.807, 2.05) is 70.2 Å². The van der Waals surface area contributed by atoms with Crippen molar-refractivity contribution in [2.75, 3.05) is 35.4 Å². The summed E-state index contributed by atoms with van der Waals surface area (Å²) in [6.45, 7) is 17.5. The summed E-state index contributed by atoms with van der Waals surface area (Å²) < 4.78 is 10.2. The van der Waals surface area contributed by atoms with Gasteiger partial charge in [0.1, 0.15) is 6.04 Å². The Balaban J connectivity index is 2.27. The van der Waals surface area contributed by atoms with Crippen LogP contribution in [0.2, 0.25) is 0 Å². The Bertz CT molecular complexity index is 1150. The molecule has 232 valence electrons. The summed E-state index contributed by atoms with van der Waals surface area (Å²) in [4.78, 5) is 40.0. The van der Waals surface area contributed by atoms with E-state index in [4.69, 9.17) is 15.2 Å². The first kappa shape index (κ1) is 34.6. The van der Waals surface area contributed by atoms with Crippen molar-refractivity contribution >= 4 is 35.0 Å². The first-order valence-electron chi connectivity index (χ1n) is 14.9. The van der Waals surface area contributed by atoms with Gasteiger partial charge in [0.25, 0.3) is 0 Å². The summed E-state index contributed by atoms with van der Waals surface area (Å²) in [5.41, 5.74) is 10.1. The van der Waals surface area contributed by atoms with Crippen molar-refractivity contribution in [1.29, 1.82) is 0 Å². The Kier molecular flexibility index (Phi) is 13.8. The number of nitrogens with zero attached hydrogens (tertiary/aromatic N) is 1. The van der Waals surface area contributed by atoms with Crippen molar-refractivity contribution in [2.24, 2.45) is 23.5 Å². The van der Waals surface area contributed by atoms with Crippen LogP contribution in [-0.4, -0.2) is 43.9 Å². The maximum absolute atomic E-state index is 13.1. The van der Waals surface area contributed by atoms with E-state index < -0.39 is 24.8 Å². The van der Waals surface area contributed by atoms with Gasteiger partial charge < -0.3 is 30.7 Å². The molecule has 9 nitrogen and oxygen atoms in total. The first-order valence-corrected chi connectivity index (χ1v) is 14.9. The number of carbonyl (C=O) groups is 3. The third-order valence-electron chi connectivity index (χ3n) is 6.88. The molecule has 0 radical (unpaired) electrons. The number of urea groups is 1. The summed E-state index contributed by atoms with van der Waals surface area (Å²) in [6, 6.07) is 12.5. The number of hydrogen-bond donors (Lipinski definition) is 3. The summed E-state index contributed by atoms with van der Waals surface area (Å²) in [6.07, 6.45) is 0.767. The molecule has 0 fully saturated rings. The number of anilines is 3. The predicted octanol–water partition coefficient (Wildman–Crippen LogP) is 6.67. The highest BCUT2D eigenvalue weighted by Gasteiger charge is 2.22. The standard InChI is InChI=1S/C33H50N4O5/c1-9-25(17-30(38)41-20-42-32(39)31(34)23(6)7)26-12-15-29(37(18-21(2)3)19-22(4)5)28(16-26)36-33(40)35-27-13-10-24(8)11-14-27/h10-16,21-23,25,31H,9,17-20,34H2,1-8H3,(H2,35,36,40). The van der Waals surface area contributed by atoms with Crippen LogP contribution in [0.5, 0.6) is 0 Å². The van der Waals surface area contributed by atoms with Gasteiger partial charge in [-0.3, -0.25) is 9.59 Å². The molecule has 0 aliphatic carbocycles. The Morgan fingerprint density at radius 1 is 0.881 bits per heavy atom. The number of nitrogens with two attached hydrogens (primary N) is 1. The number of nitrogens with one attached hydrogen (secondary N) is 2. The fourth-order valence-corrected chi connectivity index (χ4v) is 4.54. The lowest BCUT2D eigenvalue weighted by atomic mass is 9.92. The highest BCUT2D eigenvalue weighted by Crippen LogP contribution is 2.34. The summed E-state index contributed by atoms with van der Waals surface area (Å²) in [7, 11) is 0. The van der Waals surface area contributed by atoms with Crippen LogP contribution in [0.3, 0.4) is 0 Å². The van der Waals surface area contributed by atoms with Gasteiger partial charge >= 0.3 is 18.0 Å². The molecule has 0 bridgehead atoms. The van der Waals surface area contributed by atoms with E-state index in [0.717, 1.165) is 29.9 Å². The Hall–Kier alpha value is -3.59. The van der Waals surface area contributed by atoms with Crippen LogP contribution in [0.25, 0.3) is 0 Å². The molecule has 9 heteroatoms. The third kappa shape index (κ3) is 11.4. The maximum Gasteiger partial charge on any atom is 0.326 e. The van der Waals surface area contributed by atoms with Crippen molar-refractivity contribution in [2.45, 2.75) is 80.2 Å². The zero-order valence-corrected chi connectivity index (χ0v) is 26.5. The minimum atomic E-state index is -0.773. The second kappa shape index (κ2) is 16.8. The zero-order valence-electron chi connectivity index (χ0n) is 26.5. The fourth-order valence-electron chi connectivity index (χ4n) is 4.54. The monoisotopic (exact) mass is 582 g/mol. The van der Waals surface area contributed by atoms with Crippen LogP contribution in [0.4, 0.5) is 21.9 Å². The maximum atomic E-state index is 13.1. The highest BCUT2D eigenvalue weighted by molar-refractivity contribution is 6.02. The molecule has 0 spiro atoms. The molecule has 2 aromatic carbocycles. The van der Waals surface area contributed by atoms with Gasteiger partial charge in [0.15, 0.2) is 0 Å². The number of amides is 2. The van der Waals surface area contributed by atoms with Gasteiger partial charge in [0.2, 0.25) is 6.79 Å². The quantitative estimate of drug-likeness (QED) is 0.158. The van der Waals surface area contributed by atoms with E-state index >= 15 is 0 Å². The predicted molar refractivity (Wildman–Crippen MR) is 170 cm³/mol. The number of ether oxygens (including phenoxy) is 2. The summed E-state index contributed by atoms with van der Waals surface area (Å²) in [5.74, 6) is -0.499. The second-order valence-corrected chi connectivity index (χ2v) is 12.1. The number of carbonyl (C=O) groups excluding carboxylic acids is 3. The number of benzene rings is 2. The average molecular weight is 583 g/mol. The van der Waals surface area contributed by atoms with E-state index in [-0.39, 0.29) is 24.3 Å². The van der Waals surface area contributed by atoms with E-state index in [9.17, 15) is 14.4 Å². The van der Waals surface area contributed by atoms with Gasteiger partial charge in [-0.2, -0.15) is 0 Å². The molecular formula is C33H50N4O5. The molecule has 0 saturated carbocycles. The van der Waals surface area contributed by atoms with Gasteiger partial charge in [-0.25, -0.2) is 4.79 Å². The number of hydrogen-bond acceptors (Lipinski definition) is 7. The van der Waals surface area contributed by atoms with Gasteiger partial charge in [-0.15, -0.1) is 0 Å². The van der Waals surface area contributed by atoms with Crippen molar-refractivity contribution < 1.29 is 23.9 Å².